The Kier molecular flexibility index (Phi) is 2.93. The van der Waals surface area contributed by atoms with Crippen LogP contribution in [0.5, 0.6) is 0 Å². The summed E-state index contributed by atoms with van der Waals surface area (Å²) >= 11 is 2.64. The second kappa shape index (κ2) is 4.37. The van der Waals surface area contributed by atoms with Gasteiger partial charge in [0.1, 0.15) is 0 Å². The van der Waals surface area contributed by atoms with Crippen molar-refractivity contribution in [3.63, 3.8) is 0 Å². The Bertz CT molecular complexity index is 452. The van der Waals surface area contributed by atoms with Gasteiger partial charge in [-0.15, -0.1) is 11.3 Å². The van der Waals surface area contributed by atoms with Gasteiger partial charge in [-0.1, -0.05) is 11.3 Å². The van der Waals surface area contributed by atoms with E-state index >= 15 is 0 Å². The lowest BCUT2D eigenvalue weighted by Crippen LogP contribution is -1.96. The van der Waals surface area contributed by atoms with E-state index in [1.165, 1.54) is 11.3 Å². The second-order valence-corrected chi connectivity index (χ2v) is 4.53. The summed E-state index contributed by atoms with van der Waals surface area (Å²) in [4.78, 5) is 14.1. The van der Waals surface area contributed by atoms with Gasteiger partial charge < -0.3 is 5.32 Å². The standard InChI is InChI=1S/C8H7N3O2S2/c12-11(13)7-3-6(5-15-7)4-10-8-9-1-2-14-8/h1-3,5H,4H2,(H,9,10). The maximum atomic E-state index is 10.4. The molecule has 0 unspecified atom stereocenters. The van der Waals surface area contributed by atoms with Crippen LogP contribution in [0, 0.1) is 10.1 Å². The van der Waals surface area contributed by atoms with E-state index in [9.17, 15) is 10.1 Å². The number of aromatic nitrogens is 1. The number of anilines is 1. The largest absolute Gasteiger partial charge is 0.357 e. The molecule has 0 fully saturated rings. The molecule has 78 valence electrons. The van der Waals surface area contributed by atoms with Crippen LogP contribution in [0.3, 0.4) is 0 Å². The van der Waals surface area contributed by atoms with E-state index in [-0.39, 0.29) is 9.92 Å². The number of nitro groups is 1. The lowest BCUT2D eigenvalue weighted by molar-refractivity contribution is -0.380. The highest BCUT2D eigenvalue weighted by Gasteiger charge is 2.09. The van der Waals surface area contributed by atoms with Gasteiger partial charge >= 0.3 is 5.00 Å². The zero-order valence-corrected chi connectivity index (χ0v) is 9.18. The van der Waals surface area contributed by atoms with Crippen molar-refractivity contribution in [3.05, 3.63) is 38.7 Å². The number of thiazole rings is 1. The average Bonchev–Trinajstić information content (AvgIpc) is 2.86. The molecule has 2 heterocycles. The number of thiophene rings is 1. The molecule has 0 saturated carbocycles. The van der Waals surface area contributed by atoms with Gasteiger partial charge in [-0.2, -0.15) is 0 Å². The Hall–Kier alpha value is -1.47. The third kappa shape index (κ3) is 2.51. The molecule has 7 heteroatoms. The van der Waals surface area contributed by atoms with Gasteiger partial charge in [-0.3, -0.25) is 10.1 Å². The smallest absolute Gasteiger partial charge is 0.324 e. The van der Waals surface area contributed by atoms with Gasteiger partial charge in [0, 0.05) is 29.6 Å². The molecular formula is C8H7N3O2S2. The summed E-state index contributed by atoms with van der Waals surface area (Å²) in [5, 5.41) is 18.2. The Labute approximate surface area is 93.6 Å². The second-order valence-electron chi connectivity index (χ2n) is 2.74. The number of nitrogens with zero attached hydrogens (tertiary/aromatic N) is 2. The maximum Gasteiger partial charge on any atom is 0.324 e. The Morgan fingerprint density at radius 1 is 1.53 bits per heavy atom. The number of nitrogens with one attached hydrogen (secondary N) is 1. The van der Waals surface area contributed by atoms with Crippen LogP contribution in [0.4, 0.5) is 10.1 Å². The minimum atomic E-state index is -0.377. The summed E-state index contributed by atoms with van der Waals surface area (Å²) < 4.78 is 0. The van der Waals surface area contributed by atoms with Crippen LogP contribution in [-0.2, 0) is 6.54 Å². The minimum absolute atomic E-state index is 0.172. The first kappa shape index (κ1) is 10.1. The lowest BCUT2D eigenvalue weighted by Gasteiger charge is -1.97. The fourth-order valence-corrected chi connectivity index (χ4v) is 2.30. The predicted molar refractivity (Wildman–Crippen MR) is 60.4 cm³/mol. The van der Waals surface area contributed by atoms with Crippen molar-refractivity contribution in [1.82, 2.24) is 4.98 Å². The van der Waals surface area contributed by atoms with Gasteiger partial charge in [0.25, 0.3) is 0 Å². The highest BCUT2D eigenvalue weighted by atomic mass is 32.1. The summed E-state index contributed by atoms with van der Waals surface area (Å²) in [6.45, 7) is 0.567. The van der Waals surface area contributed by atoms with E-state index < -0.39 is 0 Å². The quantitative estimate of drug-likeness (QED) is 0.660. The summed E-state index contributed by atoms with van der Waals surface area (Å²) in [5.74, 6) is 0. The Morgan fingerprint density at radius 2 is 2.40 bits per heavy atom. The normalized spacial score (nSPS) is 10.1. The molecule has 0 atom stereocenters. The molecule has 0 aliphatic heterocycles. The van der Waals surface area contributed by atoms with Crippen molar-refractivity contribution < 1.29 is 4.92 Å². The topological polar surface area (TPSA) is 68.1 Å². The van der Waals surface area contributed by atoms with Crippen molar-refractivity contribution in [2.24, 2.45) is 0 Å². The molecule has 0 radical (unpaired) electrons. The summed E-state index contributed by atoms with van der Waals surface area (Å²) in [7, 11) is 0. The number of hydrogen-bond donors (Lipinski definition) is 1. The molecule has 0 bridgehead atoms. The fourth-order valence-electron chi connectivity index (χ4n) is 1.04. The fraction of sp³-hybridized carbons (Fsp3) is 0.125. The first-order valence-corrected chi connectivity index (χ1v) is 5.87. The van der Waals surface area contributed by atoms with Gasteiger partial charge in [-0.25, -0.2) is 4.98 Å². The number of rotatable bonds is 4. The van der Waals surface area contributed by atoms with E-state index in [1.54, 1.807) is 17.6 Å². The molecule has 0 aliphatic rings. The van der Waals surface area contributed by atoms with Crippen molar-refractivity contribution in [2.45, 2.75) is 6.54 Å². The van der Waals surface area contributed by atoms with Crippen LogP contribution in [0.15, 0.2) is 23.0 Å². The van der Waals surface area contributed by atoms with Crippen LogP contribution >= 0.6 is 22.7 Å². The Morgan fingerprint density at radius 3 is 3.00 bits per heavy atom. The van der Waals surface area contributed by atoms with Gasteiger partial charge in [0.15, 0.2) is 5.13 Å². The first-order chi connectivity index (χ1) is 7.25. The SMILES string of the molecule is O=[N+]([O-])c1cc(CNc2nccs2)cs1. The third-order valence-corrected chi connectivity index (χ3v) is 3.36. The van der Waals surface area contributed by atoms with Gasteiger partial charge in [-0.05, 0) is 5.56 Å². The molecule has 5 nitrogen and oxygen atoms in total. The monoisotopic (exact) mass is 241 g/mol. The molecule has 0 saturated heterocycles. The zero-order chi connectivity index (χ0) is 10.7. The van der Waals surface area contributed by atoms with E-state index in [4.69, 9.17) is 0 Å². The van der Waals surface area contributed by atoms with E-state index in [0.717, 1.165) is 22.0 Å². The van der Waals surface area contributed by atoms with E-state index in [2.05, 4.69) is 10.3 Å². The molecular weight excluding hydrogens is 234 g/mol. The van der Waals surface area contributed by atoms with Crippen LogP contribution in [0.2, 0.25) is 0 Å². The first-order valence-electron chi connectivity index (χ1n) is 4.11. The third-order valence-electron chi connectivity index (χ3n) is 1.70. The molecule has 2 aromatic rings. The minimum Gasteiger partial charge on any atom is -0.357 e. The van der Waals surface area contributed by atoms with E-state index in [0.29, 0.717) is 6.54 Å². The molecule has 0 aliphatic carbocycles. The van der Waals surface area contributed by atoms with Crippen LogP contribution < -0.4 is 5.32 Å². The van der Waals surface area contributed by atoms with Crippen LogP contribution in [0.1, 0.15) is 5.56 Å². The van der Waals surface area contributed by atoms with Crippen molar-refractivity contribution in [2.75, 3.05) is 5.32 Å². The predicted octanol–water partition coefficient (Wildman–Crippen LogP) is 2.72. The Balaban J connectivity index is 1.96. The summed E-state index contributed by atoms with van der Waals surface area (Å²) in [6.07, 6.45) is 1.71. The average molecular weight is 241 g/mol. The summed E-state index contributed by atoms with van der Waals surface area (Å²) in [6, 6.07) is 1.57. The molecule has 2 aromatic heterocycles. The van der Waals surface area contributed by atoms with Crippen LogP contribution in [0.25, 0.3) is 0 Å². The summed E-state index contributed by atoms with van der Waals surface area (Å²) in [5.41, 5.74) is 0.905. The van der Waals surface area contributed by atoms with Gasteiger partial charge in [0.05, 0.1) is 4.92 Å². The molecule has 1 N–H and O–H groups in total. The highest BCUT2D eigenvalue weighted by Crippen LogP contribution is 2.23. The lowest BCUT2D eigenvalue weighted by atomic mass is 10.3. The van der Waals surface area contributed by atoms with Crippen molar-refractivity contribution >= 4 is 32.8 Å². The molecule has 0 aromatic carbocycles. The molecule has 15 heavy (non-hydrogen) atoms. The van der Waals surface area contributed by atoms with Crippen LogP contribution in [-0.4, -0.2) is 9.91 Å². The van der Waals surface area contributed by atoms with Gasteiger partial charge in [0.2, 0.25) is 0 Å². The zero-order valence-electron chi connectivity index (χ0n) is 7.54. The highest BCUT2D eigenvalue weighted by molar-refractivity contribution is 7.13. The molecule has 2 rings (SSSR count). The molecule has 0 spiro atoms. The van der Waals surface area contributed by atoms with E-state index in [1.807, 2.05) is 5.38 Å². The van der Waals surface area contributed by atoms with Crippen molar-refractivity contribution in [1.29, 1.82) is 0 Å². The number of hydrogen-bond acceptors (Lipinski definition) is 6. The molecule has 0 amide bonds. The maximum absolute atomic E-state index is 10.4. The van der Waals surface area contributed by atoms with Crippen molar-refractivity contribution in [3.8, 4) is 0 Å².